The molecule has 0 aliphatic carbocycles. The van der Waals surface area contributed by atoms with Crippen molar-refractivity contribution in [2.75, 3.05) is 5.73 Å². The monoisotopic (exact) mass is 275 g/mol. The zero-order valence-electron chi connectivity index (χ0n) is 10.1. The van der Waals surface area contributed by atoms with E-state index in [0.29, 0.717) is 22.3 Å². The Balaban J connectivity index is 1.98. The Morgan fingerprint density at radius 3 is 2.79 bits per heavy atom. The lowest BCUT2D eigenvalue weighted by atomic mass is 10.1. The molecule has 0 aliphatic heterocycles. The Hall–Kier alpha value is -2.21. The summed E-state index contributed by atoms with van der Waals surface area (Å²) in [5, 5.41) is 4.59. The van der Waals surface area contributed by atoms with Crippen LogP contribution in [0.2, 0.25) is 0 Å². The molecule has 1 aromatic carbocycles. The molecule has 6 heteroatoms. The Kier molecular flexibility index (Phi) is 2.79. The molecule has 0 unspecified atom stereocenters. The molecule has 2 heterocycles. The fourth-order valence-electron chi connectivity index (χ4n) is 1.69. The van der Waals surface area contributed by atoms with Crippen LogP contribution in [0.25, 0.3) is 22.2 Å². The molecule has 0 spiro atoms. The van der Waals surface area contributed by atoms with Crippen LogP contribution in [0.15, 0.2) is 34.9 Å². The Bertz CT molecular complexity index is 735. The number of hydrogen-bond acceptors (Lipinski definition) is 5. The first-order valence-corrected chi connectivity index (χ1v) is 6.41. The van der Waals surface area contributed by atoms with Crippen LogP contribution in [0.5, 0.6) is 0 Å². The summed E-state index contributed by atoms with van der Waals surface area (Å²) in [6, 6.07) is 8.31. The molecule has 4 nitrogen and oxygen atoms in total. The fourth-order valence-corrected chi connectivity index (χ4v) is 2.39. The van der Waals surface area contributed by atoms with Gasteiger partial charge < -0.3 is 10.3 Å². The summed E-state index contributed by atoms with van der Waals surface area (Å²) >= 11 is 1.38. The summed E-state index contributed by atoms with van der Waals surface area (Å²) in [5.74, 6) is 0.599. The van der Waals surface area contributed by atoms with E-state index in [1.165, 1.54) is 17.4 Å². The zero-order chi connectivity index (χ0) is 13.4. The van der Waals surface area contributed by atoms with Crippen LogP contribution >= 0.6 is 11.3 Å². The third-order valence-corrected chi connectivity index (χ3v) is 3.58. The highest BCUT2D eigenvalue weighted by Gasteiger charge is 2.13. The predicted octanol–water partition coefficient (Wildman–Crippen LogP) is 3.49. The zero-order valence-corrected chi connectivity index (χ0v) is 10.9. The van der Waals surface area contributed by atoms with Gasteiger partial charge in [-0.05, 0) is 42.8 Å². The van der Waals surface area contributed by atoms with Gasteiger partial charge in [0.25, 0.3) is 5.89 Å². The van der Waals surface area contributed by atoms with Crippen molar-refractivity contribution in [1.29, 1.82) is 0 Å². The average molecular weight is 275 g/mol. The first-order chi connectivity index (χ1) is 9.13. The van der Waals surface area contributed by atoms with Crippen LogP contribution in [0, 0.1) is 12.7 Å². The molecule has 0 aliphatic rings. The molecule has 2 aromatic heterocycles. The van der Waals surface area contributed by atoms with Crippen LogP contribution in [-0.2, 0) is 0 Å². The largest absolute Gasteiger partial charge is 0.391 e. The Morgan fingerprint density at radius 2 is 2.11 bits per heavy atom. The van der Waals surface area contributed by atoms with Crippen molar-refractivity contribution in [3.8, 4) is 22.2 Å². The highest BCUT2D eigenvalue weighted by molar-refractivity contribution is 7.19. The molecule has 96 valence electrons. The maximum absolute atomic E-state index is 13.2. The van der Waals surface area contributed by atoms with Gasteiger partial charge in [0.15, 0.2) is 0 Å². The maximum atomic E-state index is 13.2. The van der Waals surface area contributed by atoms with Crippen LogP contribution in [0.3, 0.4) is 0 Å². The molecule has 0 atom stereocenters. The summed E-state index contributed by atoms with van der Waals surface area (Å²) in [6.07, 6.45) is 0. The second-order valence-electron chi connectivity index (χ2n) is 4.09. The number of nitrogens with two attached hydrogens (primary N) is 1. The van der Waals surface area contributed by atoms with E-state index in [9.17, 15) is 4.39 Å². The maximum Gasteiger partial charge on any atom is 0.268 e. The minimum Gasteiger partial charge on any atom is -0.391 e. The van der Waals surface area contributed by atoms with Gasteiger partial charge in [0.05, 0.1) is 9.88 Å². The van der Waals surface area contributed by atoms with E-state index in [-0.39, 0.29) is 5.82 Å². The number of rotatable bonds is 2. The molecule has 3 rings (SSSR count). The number of aromatic nitrogens is 2. The second-order valence-corrected chi connectivity index (χ2v) is 5.20. The number of anilines is 1. The summed E-state index contributed by atoms with van der Waals surface area (Å²) in [4.78, 5) is 5.10. The van der Waals surface area contributed by atoms with Crippen molar-refractivity contribution >= 4 is 16.3 Å². The van der Waals surface area contributed by atoms with Crippen molar-refractivity contribution in [1.82, 2.24) is 10.1 Å². The summed E-state index contributed by atoms with van der Waals surface area (Å²) in [5.41, 5.74) is 6.92. The van der Waals surface area contributed by atoms with Crippen molar-refractivity contribution in [3.05, 3.63) is 41.7 Å². The van der Waals surface area contributed by atoms with Crippen LogP contribution in [0.1, 0.15) is 5.56 Å². The van der Waals surface area contributed by atoms with Crippen LogP contribution in [0.4, 0.5) is 9.39 Å². The van der Waals surface area contributed by atoms with E-state index >= 15 is 0 Å². The van der Waals surface area contributed by atoms with Gasteiger partial charge in [-0.3, -0.25) is 0 Å². The minimum atomic E-state index is -0.251. The summed E-state index contributed by atoms with van der Waals surface area (Å²) < 4.78 is 18.4. The number of nitrogen functional groups attached to an aromatic ring is 1. The SMILES string of the molecule is Cc1cc(-c2noc(-c3ccc(N)s3)n2)ccc1F. The molecule has 2 N–H and O–H groups in total. The molecule has 0 amide bonds. The normalized spacial score (nSPS) is 10.8. The number of hydrogen-bond donors (Lipinski definition) is 1. The van der Waals surface area contributed by atoms with Crippen LogP contribution < -0.4 is 5.73 Å². The fraction of sp³-hybridized carbons (Fsp3) is 0.0769. The van der Waals surface area contributed by atoms with Crippen molar-refractivity contribution in [2.24, 2.45) is 0 Å². The van der Waals surface area contributed by atoms with Crippen molar-refractivity contribution in [2.45, 2.75) is 6.92 Å². The van der Waals surface area contributed by atoms with Gasteiger partial charge in [-0.25, -0.2) is 4.39 Å². The van der Waals surface area contributed by atoms with Gasteiger partial charge in [0.1, 0.15) is 5.82 Å². The van der Waals surface area contributed by atoms with E-state index in [1.54, 1.807) is 25.1 Å². The predicted molar refractivity (Wildman–Crippen MR) is 72.2 cm³/mol. The van der Waals surface area contributed by atoms with E-state index in [4.69, 9.17) is 10.3 Å². The van der Waals surface area contributed by atoms with Gasteiger partial charge >= 0.3 is 0 Å². The van der Waals surface area contributed by atoms with E-state index < -0.39 is 0 Å². The highest BCUT2D eigenvalue weighted by Crippen LogP contribution is 2.29. The van der Waals surface area contributed by atoms with Gasteiger partial charge in [-0.15, -0.1) is 11.3 Å². The lowest BCUT2D eigenvalue weighted by molar-refractivity contribution is 0.433. The first-order valence-electron chi connectivity index (χ1n) is 5.59. The first kappa shape index (κ1) is 11.9. The highest BCUT2D eigenvalue weighted by atomic mass is 32.1. The molecule has 19 heavy (non-hydrogen) atoms. The topological polar surface area (TPSA) is 64.9 Å². The van der Waals surface area contributed by atoms with Gasteiger partial charge in [0.2, 0.25) is 5.82 Å². The van der Waals surface area contributed by atoms with Gasteiger partial charge in [-0.1, -0.05) is 5.16 Å². The third kappa shape index (κ3) is 2.22. The van der Waals surface area contributed by atoms with E-state index in [1.807, 2.05) is 6.07 Å². The molecule has 0 bridgehead atoms. The third-order valence-electron chi connectivity index (χ3n) is 2.68. The quantitative estimate of drug-likeness (QED) is 0.777. The second kappa shape index (κ2) is 4.47. The molecule has 0 saturated carbocycles. The minimum absolute atomic E-state index is 0.251. The van der Waals surface area contributed by atoms with E-state index in [0.717, 1.165) is 10.4 Å². The summed E-state index contributed by atoms with van der Waals surface area (Å²) in [7, 11) is 0. The van der Waals surface area contributed by atoms with E-state index in [2.05, 4.69) is 10.1 Å². The van der Waals surface area contributed by atoms with Gasteiger partial charge in [0, 0.05) is 5.56 Å². The molecule has 0 fully saturated rings. The number of nitrogens with zero attached hydrogens (tertiary/aromatic N) is 2. The van der Waals surface area contributed by atoms with Crippen molar-refractivity contribution in [3.63, 3.8) is 0 Å². The number of halogens is 1. The molecular weight excluding hydrogens is 265 g/mol. The van der Waals surface area contributed by atoms with Crippen molar-refractivity contribution < 1.29 is 8.91 Å². The molecular formula is C13H10FN3OS. The van der Waals surface area contributed by atoms with Crippen LogP contribution in [-0.4, -0.2) is 10.1 Å². The average Bonchev–Trinajstić information content (AvgIpc) is 3.01. The number of benzene rings is 1. The molecule has 0 radical (unpaired) electrons. The lowest BCUT2D eigenvalue weighted by Gasteiger charge is -1.97. The lowest BCUT2D eigenvalue weighted by Crippen LogP contribution is -1.85. The summed E-state index contributed by atoms with van der Waals surface area (Å²) in [6.45, 7) is 1.69. The number of thiophene rings is 1. The number of aryl methyl sites for hydroxylation is 1. The van der Waals surface area contributed by atoms with Gasteiger partial charge in [-0.2, -0.15) is 4.98 Å². The Labute approximate surface area is 112 Å². The molecule has 0 saturated heterocycles. The molecule has 3 aromatic rings. The Morgan fingerprint density at radius 1 is 1.26 bits per heavy atom. The smallest absolute Gasteiger partial charge is 0.268 e. The standard InChI is InChI=1S/C13H10FN3OS/c1-7-6-8(2-3-9(7)14)12-16-13(18-17-12)10-4-5-11(15)19-10/h2-6H,15H2,1H3.